The lowest BCUT2D eigenvalue weighted by atomic mass is 10.2. The van der Waals surface area contributed by atoms with Crippen LogP contribution < -0.4 is 4.90 Å². The highest BCUT2D eigenvalue weighted by Crippen LogP contribution is 2.23. The highest BCUT2D eigenvalue weighted by atomic mass is 15.3. The lowest BCUT2D eigenvalue weighted by Gasteiger charge is -2.28. The highest BCUT2D eigenvalue weighted by Gasteiger charge is 2.22. The second-order valence-corrected chi connectivity index (χ2v) is 5.40. The van der Waals surface area contributed by atoms with E-state index in [1.54, 1.807) is 6.33 Å². The molecule has 1 aliphatic heterocycles. The van der Waals surface area contributed by atoms with Crippen LogP contribution in [0.25, 0.3) is 11.4 Å². The van der Waals surface area contributed by atoms with Gasteiger partial charge < -0.3 is 9.47 Å². The van der Waals surface area contributed by atoms with Crippen molar-refractivity contribution in [2.45, 2.75) is 20.0 Å². The molecular formula is C16H16N6. The smallest absolute Gasteiger partial charge is 0.164 e. The minimum atomic E-state index is 0.719. The third-order valence-corrected chi connectivity index (χ3v) is 3.90. The number of aryl methyl sites for hydroxylation is 1. The zero-order valence-corrected chi connectivity index (χ0v) is 12.3. The molecule has 0 N–H and O–H groups in total. The summed E-state index contributed by atoms with van der Waals surface area (Å²) in [6.45, 7) is 4.44. The van der Waals surface area contributed by atoms with Crippen molar-refractivity contribution < 1.29 is 0 Å². The molecule has 2 aromatic heterocycles. The van der Waals surface area contributed by atoms with Gasteiger partial charge in [0.1, 0.15) is 12.1 Å². The summed E-state index contributed by atoms with van der Waals surface area (Å²) in [7, 11) is 0. The Kier molecular flexibility index (Phi) is 3.07. The molecule has 1 aromatic carbocycles. The Morgan fingerprint density at radius 2 is 1.86 bits per heavy atom. The average molecular weight is 292 g/mol. The minimum Gasteiger partial charge on any atom is -0.347 e. The van der Waals surface area contributed by atoms with Crippen LogP contribution in [0.5, 0.6) is 0 Å². The van der Waals surface area contributed by atoms with Gasteiger partial charge in [-0.3, -0.25) is 0 Å². The van der Waals surface area contributed by atoms with Crippen LogP contribution in [0.2, 0.25) is 0 Å². The van der Waals surface area contributed by atoms with Gasteiger partial charge >= 0.3 is 0 Å². The first-order chi connectivity index (χ1) is 10.8. The third-order valence-electron chi connectivity index (χ3n) is 3.90. The van der Waals surface area contributed by atoms with Gasteiger partial charge in [0, 0.05) is 30.4 Å². The molecule has 0 unspecified atom stereocenters. The Labute approximate surface area is 128 Å². The Hall–Kier alpha value is -2.76. The second kappa shape index (κ2) is 5.22. The molecule has 3 heterocycles. The van der Waals surface area contributed by atoms with Crippen LogP contribution in [0, 0.1) is 6.92 Å². The molecule has 0 amide bonds. The SMILES string of the molecule is Cc1cc(N2CCn3c(nnc3-c3ccccc3)C2)ncn1. The van der Waals surface area contributed by atoms with Crippen LogP contribution in [0.3, 0.4) is 0 Å². The van der Waals surface area contributed by atoms with Crippen molar-refractivity contribution in [2.75, 3.05) is 11.4 Å². The van der Waals surface area contributed by atoms with E-state index in [0.717, 1.165) is 48.4 Å². The summed E-state index contributed by atoms with van der Waals surface area (Å²) in [5.41, 5.74) is 2.08. The van der Waals surface area contributed by atoms with Crippen LogP contribution in [-0.4, -0.2) is 31.3 Å². The molecule has 0 aliphatic carbocycles. The lowest BCUT2D eigenvalue weighted by molar-refractivity contribution is 0.559. The second-order valence-electron chi connectivity index (χ2n) is 5.40. The number of rotatable bonds is 2. The van der Waals surface area contributed by atoms with Gasteiger partial charge in [-0.05, 0) is 6.92 Å². The van der Waals surface area contributed by atoms with Crippen molar-refractivity contribution in [1.82, 2.24) is 24.7 Å². The lowest BCUT2D eigenvalue weighted by Crippen LogP contribution is -2.34. The van der Waals surface area contributed by atoms with Gasteiger partial charge in [-0.1, -0.05) is 30.3 Å². The predicted molar refractivity (Wildman–Crippen MR) is 83.3 cm³/mol. The molecule has 0 saturated heterocycles. The third kappa shape index (κ3) is 2.22. The molecule has 110 valence electrons. The Morgan fingerprint density at radius 1 is 1.00 bits per heavy atom. The molecule has 0 saturated carbocycles. The largest absolute Gasteiger partial charge is 0.347 e. The first-order valence-electron chi connectivity index (χ1n) is 7.32. The fourth-order valence-electron chi connectivity index (χ4n) is 2.77. The molecule has 0 spiro atoms. The summed E-state index contributed by atoms with van der Waals surface area (Å²) in [6, 6.07) is 12.2. The Balaban J connectivity index is 1.64. The zero-order chi connectivity index (χ0) is 14.9. The Bertz CT molecular complexity index is 795. The molecule has 3 aromatic rings. The number of fused-ring (bicyclic) bond motifs is 1. The highest BCUT2D eigenvalue weighted by molar-refractivity contribution is 5.55. The Morgan fingerprint density at radius 3 is 2.68 bits per heavy atom. The molecule has 1 aliphatic rings. The summed E-state index contributed by atoms with van der Waals surface area (Å²) in [5.74, 6) is 2.86. The molecule has 22 heavy (non-hydrogen) atoms. The van der Waals surface area contributed by atoms with Gasteiger partial charge in [-0.25, -0.2) is 9.97 Å². The fraction of sp³-hybridized carbons (Fsp3) is 0.250. The quantitative estimate of drug-likeness (QED) is 0.723. The molecule has 6 heteroatoms. The minimum absolute atomic E-state index is 0.719. The number of hydrogen-bond donors (Lipinski definition) is 0. The van der Waals surface area contributed by atoms with Crippen LogP contribution >= 0.6 is 0 Å². The maximum Gasteiger partial charge on any atom is 0.164 e. The summed E-state index contributed by atoms with van der Waals surface area (Å²) in [4.78, 5) is 10.7. The number of anilines is 1. The molecule has 0 bridgehead atoms. The van der Waals surface area contributed by atoms with E-state index in [1.165, 1.54) is 0 Å². The van der Waals surface area contributed by atoms with E-state index in [-0.39, 0.29) is 0 Å². The van der Waals surface area contributed by atoms with Gasteiger partial charge in [-0.2, -0.15) is 0 Å². The van der Waals surface area contributed by atoms with E-state index in [0.29, 0.717) is 0 Å². The van der Waals surface area contributed by atoms with Gasteiger partial charge in [0.2, 0.25) is 0 Å². The maximum atomic E-state index is 4.37. The van der Waals surface area contributed by atoms with E-state index in [2.05, 4.69) is 41.8 Å². The van der Waals surface area contributed by atoms with Crippen LogP contribution in [0.1, 0.15) is 11.5 Å². The van der Waals surface area contributed by atoms with Crippen molar-refractivity contribution in [3.63, 3.8) is 0 Å². The average Bonchev–Trinajstić information content (AvgIpc) is 2.99. The van der Waals surface area contributed by atoms with Crippen molar-refractivity contribution in [1.29, 1.82) is 0 Å². The number of nitrogens with zero attached hydrogens (tertiary/aromatic N) is 6. The summed E-state index contributed by atoms with van der Waals surface area (Å²) in [5, 5.41) is 8.73. The van der Waals surface area contributed by atoms with Crippen molar-refractivity contribution in [3.8, 4) is 11.4 Å². The van der Waals surface area contributed by atoms with Crippen molar-refractivity contribution in [3.05, 3.63) is 54.2 Å². The molecule has 4 rings (SSSR count). The number of hydrogen-bond acceptors (Lipinski definition) is 5. The van der Waals surface area contributed by atoms with Crippen LogP contribution in [-0.2, 0) is 13.1 Å². The first kappa shape index (κ1) is 12.9. The van der Waals surface area contributed by atoms with Gasteiger partial charge in [-0.15, -0.1) is 10.2 Å². The van der Waals surface area contributed by atoms with Gasteiger partial charge in [0.25, 0.3) is 0 Å². The first-order valence-corrected chi connectivity index (χ1v) is 7.32. The number of benzene rings is 1. The van der Waals surface area contributed by atoms with E-state index in [1.807, 2.05) is 31.2 Å². The summed E-state index contributed by atoms with van der Waals surface area (Å²) < 4.78 is 2.19. The molecule has 0 fully saturated rings. The molecule has 0 radical (unpaired) electrons. The zero-order valence-electron chi connectivity index (χ0n) is 12.3. The summed E-state index contributed by atoms with van der Waals surface area (Å²) >= 11 is 0. The van der Waals surface area contributed by atoms with Crippen molar-refractivity contribution >= 4 is 5.82 Å². The van der Waals surface area contributed by atoms with E-state index < -0.39 is 0 Å². The fourth-order valence-corrected chi connectivity index (χ4v) is 2.77. The van der Waals surface area contributed by atoms with Crippen LogP contribution in [0.15, 0.2) is 42.7 Å². The predicted octanol–water partition coefficient (Wildman–Crippen LogP) is 2.06. The number of aromatic nitrogens is 5. The van der Waals surface area contributed by atoms with Crippen molar-refractivity contribution in [2.24, 2.45) is 0 Å². The summed E-state index contributed by atoms with van der Waals surface area (Å²) in [6.07, 6.45) is 1.61. The normalized spacial score (nSPS) is 14.0. The maximum absolute atomic E-state index is 4.37. The standard InChI is InChI=1S/C16H16N6/c1-12-9-14(18-11-17-12)21-7-8-22-15(10-21)19-20-16(22)13-5-3-2-4-6-13/h2-6,9,11H,7-8,10H2,1H3. The van der Waals surface area contributed by atoms with Crippen LogP contribution in [0.4, 0.5) is 5.82 Å². The van der Waals surface area contributed by atoms with E-state index in [4.69, 9.17) is 0 Å². The topological polar surface area (TPSA) is 59.7 Å². The van der Waals surface area contributed by atoms with Gasteiger partial charge in [0.15, 0.2) is 11.6 Å². The molecule has 6 nitrogen and oxygen atoms in total. The van der Waals surface area contributed by atoms with E-state index in [9.17, 15) is 0 Å². The monoisotopic (exact) mass is 292 g/mol. The molecule has 0 atom stereocenters. The van der Waals surface area contributed by atoms with Gasteiger partial charge in [0.05, 0.1) is 6.54 Å². The molecular weight excluding hydrogens is 276 g/mol. The van der Waals surface area contributed by atoms with E-state index >= 15 is 0 Å².